The Bertz CT molecular complexity index is 473. The molecule has 0 aliphatic carbocycles. The normalized spacial score (nSPS) is 17.9. The van der Waals surface area contributed by atoms with Crippen molar-refractivity contribution in [2.45, 2.75) is 18.9 Å². The van der Waals surface area contributed by atoms with Crippen LogP contribution in [0.3, 0.4) is 0 Å². The minimum atomic E-state index is -0.397. The van der Waals surface area contributed by atoms with E-state index < -0.39 is 5.82 Å². The first kappa shape index (κ1) is 15.8. The van der Waals surface area contributed by atoms with E-state index >= 15 is 0 Å². The van der Waals surface area contributed by atoms with Crippen LogP contribution in [-0.2, 0) is 0 Å². The molecule has 5 heteroatoms. The highest BCUT2D eigenvalue weighted by atomic mass is 35.5. The molecule has 110 valence electrons. The van der Waals surface area contributed by atoms with Crippen LogP contribution in [-0.4, -0.2) is 31.1 Å². The first-order chi connectivity index (χ1) is 9.65. The lowest BCUT2D eigenvalue weighted by atomic mass is 9.98. The first-order valence-electron chi connectivity index (χ1n) is 6.84. The lowest BCUT2D eigenvalue weighted by Gasteiger charge is -2.35. The van der Waals surface area contributed by atoms with Gasteiger partial charge in [-0.15, -0.1) is 6.58 Å². The van der Waals surface area contributed by atoms with Crippen molar-refractivity contribution in [2.75, 3.05) is 26.2 Å². The zero-order chi connectivity index (χ0) is 14.5. The molecule has 1 heterocycles. The van der Waals surface area contributed by atoms with Gasteiger partial charge in [0.05, 0.1) is 5.02 Å². The summed E-state index contributed by atoms with van der Waals surface area (Å²) in [7, 11) is 0. The number of allylic oxidation sites excluding steroid dienone is 1. The van der Waals surface area contributed by atoms with E-state index in [0.29, 0.717) is 10.6 Å². The van der Waals surface area contributed by atoms with Gasteiger partial charge in [-0.3, -0.25) is 4.90 Å². The van der Waals surface area contributed by atoms with Crippen molar-refractivity contribution >= 4 is 23.2 Å². The lowest BCUT2D eigenvalue weighted by Crippen LogP contribution is -2.45. The van der Waals surface area contributed by atoms with Gasteiger partial charge in [0.25, 0.3) is 0 Å². The maximum atomic E-state index is 14.4. The predicted octanol–water partition coefficient (Wildman–Crippen LogP) is 4.05. The first-order valence-corrected chi connectivity index (χ1v) is 7.59. The molecule has 1 aliphatic rings. The molecule has 1 aliphatic heterocycles. The Labute approximate surface area is 129 Å². The van der Waals surface area contributed by atoms with Crippen molar-refractivity contribution < 1.29 is 4.39 Å². The highest BCUT2D eigenvalue weighted by Crippen LogP contribution is 2.36. The fourth-order valence-electron chi connectivity index (χ4n) is 2.63. The van der Waals surface area contributed by atoms with E-state index in [9.17, 15) is 4.39 Å². The third-order valence-electron chi connectivity index (χ3n) is 3.65. The molecule has 0 radical (unpaired) electrons. The second kappa shape index (κ2) is 7.41. The Morgan fingerprint density at radius 3 is 2.60 bits per heavy atom. The number of nitrogens with one attached hydrogen (secondary N) is 1. The van der Waals surface area contributed by atoms with E-state index in [1.165, 1.54) is 6.07 Å². The topological polar surface area (TPSA) is 15.3 Å². The quantitative estimate of drug-likeness (QED) is 0.651. The average Bonchev–Trinajstić information content (AvgIpc) is 2.47. The molecular formula is C15H19Cl2FN2. The molecule has 2 nitrogen and oxygen atoms in total. The smallest absolute Gasteiger partial charge is 0.148 e. The van der Waals surface area contributed by atoms with Gasteiger partial charge in [-0.25, -0.2) is 4.39 Å². The molecular weight excluding hydrogens is 298 g/mol. The van der Waals surface area contributed by atoms with Crippen LogP contribution in [0.1, 0.15) is 24.4 Å². The largest absolute Gasteiger partial charge is 0.314 e. The van der Waals surface area contributed by atoms with Gasteiger partial charge in [0, 0.05) is 42.8 Å². The van der Waals surface area contributed by atoms with Crippen molar-refractivity contribution in [3.05, 3.63) is 46.2 Å². The number of benzene rings is 1. The Hall–Kier alpha value is -0.610. The van der Waals surface area contributed by atoms with Crippen LogP contribution >= 0.6 is 23.2 Å². The van der Waals surface area contributed by atoms with Crippen LogP contribution in [0, 0.1) is 5.82 Å². The molecule has 0 unspecified atom stereocenters. The van der Waals surface area contributed by atoms with Gasteiger partial charge in [-0.1, -0.05) is 29.3 Å². The van der Waals surface area contributed by atoms with Crippen molar-refractivity contribution in [1.29, 1.82) is 0 Å². The van der Waals surface area contributed by atoms with E-state index in [0.717, 1.165) is 39.0 Å². The highest BCUT2D eigenvalue weighted by molar-refractivity contribution is 6.33. The van der Waals surface area contributed by atoms with E-state index in [1.54, 1.807) is 6.07 Å². The van der Waals surface area contributed by atoms with E-state index in [4.69, 9.17) is 23.2 Å². The van der Waals surface area contributed by atoms with Gasteiger partial charge in [0.2, 0.25) is 0 Å². The standard InChI is InChI=1S/C15H19Cl2FN2/c1-2-3-4-13(20-9-7-19-8-10-20)14-11(16)5-6-12(17)15(14)18/h2,5-6,13,19H,1,3-4,7-10H2/t13-/m1/s1. The highest BCUT2D eigenvalue weighted by Gasteiger charge is 2.27. The van der Waals surface area contributed by atoms with Gasteiger partial charge in [0.15, 0.2) is 0 Å². The second-order valence-corrected chi connectivity index (χ2v) is 5.74. The van der Waals surface area contributed by atoms with Gasteiger partial charge in [0.1, 0.15) is 5.82 Å². The molecule has 0 spiro atoms. The number of hydrogen-bond acceptors (Lipinski definition) is 2. The monoisotopic (exact) mass is 316 g/mol. The molecule has 0 amide bonds. The summed E-state index contributed by atoms with van der Waals surface area (Å²) in [6.07, 6.45) is 3.46. The molecule has 1 fully saturated rings. The third-order valence-corrected chi connectivity index (χ3v) is 4.27. The Morgan fingerprint density at radius 2 is 1.95 bits per heavy atom. The van der Waals surface area contributed by atoms with E-state index in [-0.39, 0.29) is 11.1 Å². The zero-order valence-corrected chi connectivity index (χ0v) is 12.9. The maximum Gasteiger partial charge on any atom is 0.148 e. The molecule has 0 bridgehead atoms. The zero-order valence-electron chi connectivity index (χ0n) is 11.3. The van der Waals surface area contributed by atoms with Crippen molar-refractivity contribution in [2.24, 2.45) is 0 Å². The van der Waals surface area contributed by atoms with Crippen LogP contribution < -0.4 is 5.32 Å². The number of nitrogens with zero attached hydrogens (tertiary/aromatic N) is 1. The molecule has 0 saturated carbocycles. The van der Waals surface area contributed by atoms with Gasteiger partial charge in [-0.05, 0) is 25.0 Å². The van der Waals surface area contributed by atoms with Crippen LogP contribution in [0.4, 0.5) is 4.39 Å². The van der Waals surface area contributed by atoms with Crippen LogP contribution in [0.5, 0.6) is 0 Å². The van der Waals surface area contributed by atoms with E-state index in [1.807, 2.05) is 6.08 Å². The Kier molecular flexibility index (Phi) is 5.85. The van der Waals surface area contributed by atoms with Crippen molar-refractivity contribution in [3.8, 4) is 0 Å². The molecule has 1 aromatic carbocycles. The summed E-state index contributed by atoms with van der Waals surface area (Å²) >= 11 is 12.1. The lowest BCUT2D eigenvalue weighted by molar-refractivity contribution is 0.163. The summed E-state index contributed by atoms with van der Waals surface area (Å²) in [5, 5.41) is 3.88. The molecule has 20 heavy (non-hydrogen) atoms. The summed E-state index contributed by atoms with van der Waals surface area (Å²) in [6.45, 7) is 7.32. The predicted molar refractivity (Wildman–Crippen MR) is 83.0 cm³/mol. The molecule has 1 atom stereocenters. The van der Waals surface area contributed by atoms with Crippen molar-refractivity contribution in [1.82, 2.24) is 10.2 Å². The summed E-state index contributed by atoms with van der Waals surface area (Å²) < 4.78 is 14.4. The van der Waals surface area contributed by atoms with Crippen LogP contribution in [0.2, 0.25) is 10.0 Å². The minimum absolute atomic E-state index is 0.0544. The summed E-state index contributed by atoms with van der Waals surface area (Å²) in [4.78, 5) is 2.26. The average molecular weight is 317 g/mol. The third kappa shape index (κ3) is 3.53. The van der Waals surface area contributed by atoms with E-state index in [2.05, 4.69) is 16.8 Å². The Morgan fingerprint density at radius 1 is 1.30 bits per heavy atom. The summed E-state index contributed by atoms with van der Waals surface area (Å²) in [5.41, 5.74) is 0.517. The van der Waals surface area contributed by atoms with Gasteiger partial charge < -0.3 is 5.32 Å². The fraction of sp³-hybridized carbons (Fsp3) is 0.467. The fourth-order valence-corrected chi connectivity index (χ4v) is 3.06. The molecule has 0 aromatic heterocycles. The van der Waals surface area contributed by atoms with Crippen molar-refractivity contribution in [3.63, 3.8) is 0 Å². The Balaban J connectivity index is 2.34. The number of rotatable bonds is 5. The molecule has 1 aromatic rings. The summed E-state index contributed by atoms with van der Waals surface area (Å²) in [5.74, 6) is -0.397. The second-order valence-electron chi connectivity index (χ2n) is 4.92. The summed E-state index contributed by atoms with van der Waals surface area (Å²) in [6, 6.07) is 3.12. The van der Waals surface area contributed by atoms with Gasteiger partial charge in [-0.2, -0.15) is 0 Å². The minimum Gasteiger partial charge on any atom is -0.314 e. The molecule has 2 rings (SSSR count). The number of halogens is 3. The molecule has 1 N–H and O–H groups in total. The van der Waals surface area contributed by atoms with Crippen LogP contribution in [0.15, 0.2) is 24.8 Å². The maximum absolute atomic E-state index is 14.4. The number of hydrogen-bond donors (Lipinski definition) is 1. The van der Waals surface area contributed by atoms with Crippen LogP contribution in [0.25, 0.3) is 0 Å². The number of piperazine rings is 1. The molecule has 1 saturated heterocycles. The van der Waals surface area contributed by atoms with Gasteiger partial charge >= 0.3 is 0 Å². The SMILES string of the molecule is C=CCC[C@H](c1c(Cl)ccc(Cl)c1F)N1CCNCC1.